The Kier molecular flexibility index (Phi) is 5.14. The molecule has 1 aliphatic carbocycles. The average molecular weight is 399 g/mol. The average Bonchev–Trinajstić information content (AvgIpc) is 3.39. The van der Waals surface area contributed by atoms with Gasteiger partial charge >= 0.3 is 0 Å². The minimum absolute atomic E-state index is 0.169. The third kappa shape index (κ3) is 3.60. The van der Waals surface area contributed by atoms with Gasteiger partial charge in [-0.2, -0.15) is 0 Å². The summed E-state index contributed by atoms with van der Waals surface area (Å²) in [7, 11) is 0. The van der Waals surface area contributed by atoms with Crippen LogP contribution >= 0.6 is 0 Å². The van der Waals surface area contributed by atoms with E-state index in [9.17, 15) is 9.90 Å². The molecule has 1 atom stereocenters. The first kappa shape index (κ1) is 19.2. The number of nitrogens with zero attached hydrogens (tertiary/aromatic N) is 4. The Balaban J connectivity index is 1.27. The predicted molar refractivity (Wildman–Crippen MR) is 114 cm³/mol. The summed E-state index contributed by atoms with van der Waals surface area (Å²) < 4.78 is 0. The molecule has 1 saturated carbocycles. The van der Waals surface area contributed by atoms with Crippen molar-refractivity contribution in [2.45, 2.75) is 69.9 Å². The van der Waals surface area contributed by atoms with E-state index < -0.39 is 0 Å². The zero-order valence-corrected chi connectivity index (χ0v) is 17.4. The van der Waals surface area contributed by atoms with Crippen LogP contribution < -0.4 is 9.80 Å². The molecule has 4 fully saturated rings. The quantitative estimate of drug-likeness (QED) is 0.848. The van der Waals surface area contributed by atoms with Crippen LogP contribution in [0.3, 0.4) is 0 Å². The zero-order valence-electron chi connectivity index (χ0n) is 17.4. The van der Waals surface area contributed by atoms with Gasteiger partial charge in [0.15, 0.2) is 0 Å². The van der Waals surface area contributed by atoms with Crippen LogP contribution in [-0.2, 0) is 4.79 Å². The van der Waals surface area contributed by atoms with Crippen LogP contribution in [0.15, 0.2) is 18.3 Å². The third-order valence-corrected chi connectivity index (χ3v) is 7.76. The van der Waals surface area contributed by atoms with Gasteiger partial charge in [-0.05, 0) is 69.9 Å². The van der Waals surface area contributed by atoms with E-state index in [0.717, 1.165) is 83.5 Å². The highest BCUT2D eigenvalue weighted by molar-refractivity contribution is 5.86. The van der Waals surface area contributed by atoms with Crippen molar-refractivity contribution in [3.05, 3.63) is 18.3 Å². The van der Waals surface area contributed by atoms with Gasteiger partial charge in [-0.1, -0.05) is 0 Å². The van der Waals surface area contributed by atoms with Gasteiger partial charge in [-0.25, -0.2) is 4.98 Å². The molecule has 6 nitrogen and oxygen atoms in total. The summed E-state index contributed by atoms with van der Waals surface area (Å²) in [6.45, 7) is 4.94. The topological polar surface area (TPSA) is 59.9 Å². The number of carbonyl (C=O) groups excluding carboxylic acids is 1. The number of piperidine rings is 1. The lowest BCUT2D eigenvalue weighted by molar-refractivity contribution is -0.139. The lowest BCUT2D eigenvalue weighted by Gasteiger charge is -2.41. The minimum atomic E-state index is -0.233. The van der Waals surface area contributed by atoms with Gasteiger partial charge in [-0.15, -0.1) is 0 Å². The summed E-state index contributed by atoms with van der Waals surface area (Å²) in [5.74, 6) is 1.37. The fourth-order valence-electron chi connectivity index (χ4n) is 6.00. The molecule has 1 spiro atoms. The predicted octanol–water partition coefficient (Wildman–Crippen LogP) is 2.80. The van der Waals surface area contributed by atoms with E-state index in [1.54, 1.807) is 0 Å². The Bertz CT molecular complexity index is 725. The van der Waals surface area contributed by atoms with E-state index in [-0.39, 0.29) is 11.5 Å². The van der Waals surface area contributed by atoms with Gasteiger partial charge in [-0.3, -0.25) is 4.79 Å². The van der Waals surface area contributed by atoms with E-state index >= 15 is 0 Å². The number of hydrogen-bond donors (Lipinski definition) is 1. The number of rotatable bonds is 3. The number of aliphatic hydroxyl groups is 1. The largest absolute Gasteiger partial charge is 0.393 e. The number of aromatic nitrogens is 1. The number of pyridine rings is 1. The molecule has 1 aromatic heterocycles. The number of carbonyl (C=O) groups is 1. The van der Waals surface area contributed by atoms with Crippen molar-refractivity contribution in [1.29, 1.82) is 0 Å². The van der Waals surface area contributed by atoms with E-state index in [0.29, 0.717) is 11.9 Å². The molecule has 5 rings (SSSR count). The molecule has 0 radical (unpaired) electrons. The molecule has 1 amide bonds. The Hall–Kier alpha value is -1.82. The van der Waals surface area contributed by atoms with Crippen molar-refractivity contribution in [3.63, 3.8) is 0 Å². The monoisotopic (exact) mass is 398 g/mol. The molecule has 1 unspecified atom stereocenters. The second kappa shape index (κ2) is 7.78. The SMILES string of the molecule is O=C1N(C2CCC(O)CC2)CCC12CCCN(c1ccc(N3CCCC3)cn1)C2. The van der Waals surface area contributed by atoms with E-state index in [4.69, 9.17) is 4.98 Å². The van der Waals surface area contributed by atoms with Crippen LogP contribution in [0.2, 0.25) is 0 Å². The van der Waals surface area contributed by atoms with E-state index in [1.165, 1.54) is 18.5 Å². The summed E-state index contributed by atoms with van der Waals surface area (Å²) in [6.07, 6.45) is 11.0. The van der Waals surface area contributed by atoms with Gasteiger partial charge < -0.3 is 19.8 Å². The highest BCUT2D eigenvalue weighted by atomic mass is 16.3. The van der Waals surface area contributed by atoms with Gasteiger partial charge in [0.1, 0.15) is 5.82 Å². The third-order valence-electron chi connectivity index (χ3n) is 7.76. The molecule has 1 N–H and O–H groups in total. The van der Waals surface area contributed by atoms with Gasteiger partial charge in [0, 0.05) is 38.8 Å². The van der Waals surface area contributed by atoms with Crippen molar-refractivity contribution >= 4 is 17.4 Å². The van der Waals surface area contributed by atoms with Crippen molar-refractivity contribution in [2.24, 2.45) is 5.41 Å². The first-order valence-electron chi connectivity index (χ1n) is 11.6. The molecule has 4 aliphatic rings. The molecule has 4 heterocycles. The van der Waals surface area contributed by atoms with Crippen molar-refractivity contribution in [1.82, 2.24) is 9.88 Å². The van der Waals surface area contributed by atoms with Gasteiger partial charge in [0.2, 0.25) is 5.91 Å². The highest BCUT2D eigenvalue weighted by Crippen LogP contribution is 2.43. The molecule has 6 heteroatoms. The van der Waals surface area contributed by atoms with Crippen molar-refractivity contribution in [2.75, 3.05) is 42.5 Å². The van der Waals surface area contributed by atoms with Gasteiger partial charge in [0.25, 0.3) is 0 Å². The molecule has 0 aromatic carbocycles. The zero-order chi connectivity index (χ0) is 19.8. The molecule has 3 saturated heterocycles. The molecular formula is C23H34N4O2. The minimum Gasteiger partial charge on any atom is -0.393 e. The first-order chi connectivity index (χ1) is 14.1. The highest BCUT2D eigenvalue weighted by Gasteiger charge is 2.50. The van der Waals surface area contributed by atoms with E-state index in [2.05, 4.69) is 26.8 Å². The Labute approximate surface area is 173 Å². The second-order valence-electron chi connectivity index (χ2n) is 9.59. The second-order valence-corrected chi connectivity index (χ2v) is 9.59. The normalized spacial score (nSPS) is 33.1. The summed E-state index contributed by atoms with van der Waals surface area (Å²) in [4.78, 5) is 25.2. The molecule has 158 valence electrons. The standard InChI is InChI=1S/C23H34N4O2/c28-20-7-4-18(5-8-20)27-15-11-23(22(27)29)10-3-14-26(17-23)21-9-6-19(16-24-21)25-12-1-2-13-25/h6,9,16,18,20,28H,1-5,7-8,10-15,17H2. The summed E-state index contributed by atoms with van der Waals surface area (Å²) in [5, 5.41) is 9.81. The summed E-state index contributed by atoms with van der Waals surface area (Å²) in [5.41, 5.74) is 0.990. The van der Waals surface area contributed by atoms with Crippen molar-refractivity contribution in [3.8, 4) is 0 Å². The molecule has 1 aromatic rings. The maximum atomic E-state index is 13.5. The summed E-state index contributed by atoms with van der Waals surface area (Å²) in [6, 6.07) is 4.68. The molecule has 3 aliphatic heterocycles. The fraction of sp³-hybridized carbons (Fsp3) is 0.739. The Morgan fingerprint density at radius 3 is 2.41 bits per heavy atom. The van der Waals surface area contributed by atoms with Crippen LogP contribution in [0, 0.1) is 5.41 Å². The smallest absolute Gasteiger partial charge is 0.230 e. The lowest BCUT2D eigenvalue weighted by Crippen LogP contribution is -2.50. The first-order valence-corrected chi connectivity index (χ1v) is 11.6. The number of anilines is 2. The van der Waals surface area contributed by atoms with Crippen molar-refractivity contribution < 1.29 is 9.90 Å². The summed E-state index contributed by atoms with van der Waals surface area (Å²) >= 11 is 0. The molecular weight excluding hydrogens is 364 g/mol. The maximum Gasteiger partial charge on any atom is 0.230 e. The van der Waals surface area contributed by atoms with E-state index in [1.807, 2.05) is 6.20 Å². The lowest BCUT2D eigenvalue weighted by atomic mass is 9.78. The fourth-order valence-corrected chi connectivity index (χ4v) is 6.00. The number of aliphatic hydroxyl groups excluding tert-OH is 1. The molecule has 29 heavy (non-hydrogen) atoms. The molecule has 0 bridgehead atoms. The maximum absolute atomic E-state index is 13.5. The number of likely N-dealkylation sites (tertiary alicyclic amines) is 1. The van der Waals surface area contributed by atoms with Crippen LogP contribution in [0.1, 0.15) is 57.8 Å². The van der Waals surface area contributed by atoms with Crippen LogP contribution in [0.4, 0.5) is 11.5 Å². The van der Waals surface area contributed by atoms with Gasteiger partial charge in [0.05, 0.1) is 23.4 Å². The van der Waals surface area contributed by atoms with Crippen LogP contribution in [0.5, 0.6) is 0 Å². The Morgan fingerprint density at radius 2 is 1.69 bits per heavy atom. The Morgan fingerprint density at radius 1 is 0.931 bits per heavy atom. The number of amides is 1. The van der Waals surface area contributed by atoms with Crippen LogP contribution in [0.25, 0.3) is 0 Å². The van der Waals surface area contributed by atoms with Crippen LogP contribution in [-0.4, -0.2) is 65.8 Å². The number of hydrogen-bond acceptors (Lipinski definition) is 5.